The summed E-state index contributed by atoms with van der Waals surface area (Å²) in [6, 6.07) is 12.0. The van der Waals surface area contributed by atoms with E-state index in [1.807, 2.05) is 0 Å². The molecule has 3 aromatic rings. The van der Waals surface area contributed by atoms with Gasteiger partial charge in [0.1, 0.15) is 11.7 Å². The van der Waals surface area contributed by atoms with Crippen LogP contribution < -0.4 is 4.74 Å². The summed E-state index contributed by atoms with van der Waals surface area (Å²) in [7, 11) is 0. The molecule has 188 valence electrons. The molecule has 7 nitrogen and oxygen atoms in total. The lowest BCUT2D eigenvalue weighted by molar-refractivity contribution is -0.184. The summed E-state index contributed by atoms with van der Waals surface area (Å²) in [6.45, 7) is 1.56. The van der Waals surface area contributed by atoms with E-state index >= 15 is 0 Å². The first-order chi connectivity index (χ1) is 17.2. The molecule has 0 radical (unpaired) electrons. The lowest BCUT2D eigenvalue weighted by atomic mass is 9.91. The van der Waals surface area contributed by atoms with Gasteiger partial charge in [0.05, 0.1) is 18.8 Å². The van der Waals surface area contributed by atoms with Crippen molar-refractivity contribution in [3.8, 4) is 17.1 Å². The molecule has 0 saturated carbocycles. The molecule has 3 heterocycles. The monoisotopic (exact) mass is 499 g/mol. The van der Waals surface area contributed by atoms with Gasteiger partial charge < -0.3 is 19.5 Å². The van der Waals surface area contributed by atoms with E-state index in [4.69, 9.17) is 9.47 Å². The number of likely N-dealkylation sites (tertiary alicyclic amines) is 1. The summed E-state index contributed by atoms with van der Waals surface area (Å²) in [5.41, 5.74) is 0.779. The molecule has 2 saturated heterocycles. The molecule has 0 bridgehead atoms. The molecule has 5 rings (SSSR count). The second-order valence-corrected chi connectivity index (χ2v) is 9.04. The van der Waals surface area contributed by atoms with E-state index in [9.17, 15) is 23.1 Å². The van der Waals surface area contributed by atoms with Gasteiger partial charge in [-0.3, -0.25) is 4.79 Å². The van der Waals surface area contributed by atoms with Gasteiger partial charge >= 0.3 is 12.2 Å². The van der Waals surface area contributed by atoms with E-state index in [0.29, 0.717) is 42.6 Å². The van der Waals surface area contributed by atoms with E-state index in [2.05, 4.69) is 9.97 Å². The maximum Gasteiger partial charge on any atom is 0.416 e. The van der Waals surface area contributed by atoms with E-state index in [-0.39, 0.29) is 31.2 Å². The molecule has 0 spiro atoms. The van der Waals surface area contributed by atoms with Gasteiger partial charge in [0.15, 0.2) is 0 Å². The van der Waals surface area contributed by atoms with Crippen LogP contribution in [0.2, 0.25) is 0 Å². The fraction of sp³-hybridized carbons (Fsp3) is 0.346. The van der Waals surface area contributed by atoms with Gasteiger partial charge in [-0.2, -0.15) is 13.2 Å². The number of nitrogens with zero attached hydrogens (tertiary/aromatic N) is 3. The highest BCUT2D eigenvalue weighted by Crippen LogP contribution is 2.31. The zero-order chi connectivity index (χ0) is 25.3. The number of hydrogen-bond donors (Lipinski definition) is 1. The summed E-state index contributed by atoms with van der Waals surface area (Å²) >= 11 is 0. The number of rotatable bonds is 5. The van der Waals surface area contributed by atoms with Crippen molar-refractivity contribution in [1.29, 1.82) is 0 Å². The lowest BCUT2D eigenvalue weighted by Gasteiger charge is -2.36. The Morgan fingerprint density at radius 3 is 2.11 bits per heavy atom. The molecule has 0 aliphatic carbocycles. The Bertz CT molecular complexity index is 1200. The van der Waals surface area contributed by atoms with E-state index in [1.165, 1.54) is 24.5 Å². The predicted molar refractivity (Wildman–Crippen MR) is 123 cm³/mol. The Balaban J connectivity index is 1.13. The minimum atomic E-state index is -4.38. The van der Waals surface area contributed by atoms with E-state index in [0.717, 1.165) is 17.7 Å². The molecule has 0 atom stereocenters. The number of halogens is 3. The SMILES string of the molecule is O=C(c1ccc(C2(O)COC2)cc1)N1CCC(Oc2ncc(-c3ccc(C(F)(F)F)cc3)cn2)CC1. The summed E-state index contributed by atoms with van der Waals surface area (Å²) in [6.07, 6.45) is -0.276. The van der Waals surface area contributed by atoms with Crippen molar-refractivity contribution in [3.05, 3.63) is 77.6 Å². The predicted octanol–water partition coefficient (Wildman–Crippen LogP) is 4.06. The van der Waals surface area contributed by atoms with Crippen molar-refractivity contribution in [2.45, 2.75) is 30.7 Å². The van der Waals surface area contributed by atoms with Gasteiger partial charge in [0.25, 0.3) is 5.91 Å². The molecule has 2 aliphatic rings. The number of ether oxygens (including phenoxy) is 2. The lowest BCUT2D eigenvalue weighted by Crippen LogP contribution is -2.46. The number of alkyl halides is 3. The molecule has 1 N–H and O–H groups in total. The summed E-state index contributed by atoms with van der Waals surface area (Å²) in [4.78, 5) is 23.0. The Hall–Kier alpha value is -3.50. The number of amides is 1. The van der Waals surface area contributed by atoms with E-state index < -0.39 is 17.3 Å². The highest BCUT2D eigenvalue weighted by atomic mass is 19.4. The number of hydrogen-bond acceptors (Lipinski definition) is 6. The maximum absolute atomic E-state index is 12.9. The molecule has 2 fully saturated rings. The largest absolute Gasteiger partial charge is 0.460 e. The third kappa shape index (κ3) is 5.05. The summed E-state index contributed by atoms with van der Waals surface area (Å²) in [5, 5.41) is 10.3. The molecule has 0 unspecified atom stereocenters. The van der Waals surface area contributed by atoms with Gasteiger partial charge in [0.2, 0.25) is 0 Å². The van der Waals surface area contributed by atoms with Crippen LogP contribution >= 0.6 is 0 Å². The summed E-state index contributed by atoms with van der Waals surface area (Å²) in [5.74, 6) is -0.0750. The molecule has 1 aromatic heterocycles. The fourth-order valence-corrected chi connectivity index (χ4v) is 4.27. The van der Waals surface area contributed by atoms with Crippen molar-refractivity contribution in [1.82, 2.24) is 14.9 Å². The van der Waals surface area contributed by atoms with Crippen molar-refractivity contribution in [2.75, 3.05) is 26.3 Å². The number of aliphatic hydroxyl groups is 1. The first kappa shape index (κ1) is 24.2. The Morgan fingerprint density at radius 2 is 1.58 bits per heavy atom. The number of carbonyl (C=O) groups is 1. The van der Waals surface area contributed by atoms with Crippen LogP contribution in [0.25, 0.3) is 11.1 Å². The van der Waals surface area contributed by atoms with Crippen LogP contribution in [-0.4, -0.2) is 58.3 Å². The molecule has 2 aliphatic heterocycles. The Kier molecular flexibility index (Phi) is 6.40. The van der Waals surface area contributed by atoms with Crippen LogP contribution in [0.1, 0.15) is 34.3 Å². The highest BCUT2D eigenvalue weighted by molar-refractivity contribution is 5.94. The minimum absolute atomic E-state index is 0.0750. The van der Waals surface area contributed by atoms with Crippen LogP contribution in [0.3, 0.4) is 0 Å². The standard InChI is InChI=1S/C26H24F3N3O4/c27-26(28,29)21-7-1-17(2-8-21)19-13-30-24(31-14-19)36-22-9-11-32(12-10-22)23(33)18-3-5-20(6-4-18)25(34)15-35-16-25/h1-8,13-14,22,34H,9-12,15-16H2. The van der Waals surface area contributed by atoms with Crippen LogP contribution in [0.5, 0.6) is 6.01 Å². The van der Waals surface area contributed by atoms with Gasteiger partial charge in [0, 0.05) is 49.5 Å². The molecule has 36 heavy (non-hydrogen) atoms. The number of carbonyl (C=O) groups excluding carboxylic acids is 1. The molecule has 2 aromatic carbocycles. The smallest absolute Gasteiger partial charge is 0.416 e. The normalized spacial score (nSPS) is 17.9. The molecule has 10 heteroatoms. The van der Waals surface area contributed by atoms with Crippen LogP contribution in [-0.2, 0) is 16.5 Å². The first-order valence-electron chi connectivity index (χ1n) is 11.6. The van der Waals surface area contributed by atoms with Crippen LogP contribution in [0.15, 0.2) is 60.9 Å². The fourth-order valence-electron chi connectivity index (χ4n) is 4.27. The van der Waals surface area contributed by atoms with Crippen molar-refractivity contribution in [2.24, 2.45) is 0 Å². The highest BCUT2D eigenvalue weighted by Gasteiger charge is 2.38. The zero-order valence-electron chi connectivity index (χ0n) is 19.2. The molecule has 1 amide bonds. The van der Waals surface area contributed by atoms with Crippen molar-refractivity contribution < 1.29 is 32.5 Å². The summed E-state index contributed by atoms with van der Waals surface area (Å²) < 4.78 is 49.2. The third-order valence-corrected chi connectivity index (χ3v) is 6.53. The van der Waals surface area contributed by atoms with Gasteiger partial charge in [-0.15, -0.1) is 0 Å². The van der Waals surface area contributed by atoms with Gasteiger partial charge in [-0.05, 0) is 35.4 Å². The topological polar surface area (TPSA) is 84.8 Å². The second kappa shape index (κ2) is 9.51. The molecular formula is C26H24F3N3O4. The Morgan fingerprint density at radius 1 is 0.972 bits per heavy atom. The van der Waals surface area contributed by atoms with Crippen LogP contribution in [0.4, 0.5) is 13.2 Å². The van der Waals surface area contributed by atoms with Gasteiger partial charge in [-0.25, -0.2) is 9.97 Å². The first-order valence-corrected chi connectivity index (χ1v) is 11.6. The average molecular weight is 499 g/mol. The number of piperidine rings is 1. The number of benzene rings is 2. The maximum atomic E-state index is 12.9. The van der Waals surface area contributed by atoms with Crippen LogP contribution in [0, 0.1) is 0 Å². The van der Waals surface area contributed by atoms with Gasteiger partial charge in [-0.1, -0.05) is 24.3 Å². The zero-order valence-corrected chi connectivity index (χ0v) is 19.2. The second-order valence-electron chi connectivity index (χ2n) is 9.04. The average Bonchev–Trinajstić information content (AvgIpc) is 2.87. The quantitative estimate of drug-likeness (QED) is 0.570. The van der Waals surface area contributed by atoms with Crippen molar-refractivity contribution >= 4 is 5.91 Å². The third-order valence-electron chi connectivity index (χ3n) is 6.53. The molecular weight excluding hydrogens is 475 g/mol. The minimum Gasteiger partial charge on any atom is -0.460 e. The van der Waals surface area contributed by atoms with E-state index in [1.54, 1.807) is 29.2 Å². The number of aromatic nitrogens is 2. The Labute approximate surface area is 205 Å². The van der Waals surface area contributed by atoms with Crippen molar-refractivity contribution in [3.63, 3.8) is 0 Å².